The summed E-state index contributed by atoms with van der Waals surface area (Å²) in [6, 6.07) is 9.66. The van der Waals surface area contributed by atoms with Gasteiger partial charge in [-0.3, -0.25) is 19.5 Å². The van der Waals surface area contributed by atoms with Crippen molar-refractivity contribution in [2.24, 2.45) is 0 Å². The first-order valence-electron chi connectivity index (χ1n) is 11.2. The van der Waals surface area contributed by atoms with Crippen molar-refractivity contribution in [3.05, 3.63) is 74.0 Å². The van der Waals surface area contributed by atoms with Crippen LogP contribution in [0.5, 0.6) is 0 Å². The highest BCUT2D eigenvalue weighted by atomic mass is 35.5. The normalized spacial score (nSPS) is 15.9. The molecule has 1 unspecified atom stereocenters. The van der Waals surface area contributed by atoms with Gasteiger partial charge in [-0.25, -0.2) is 14.6 Å². The number of nitrogens with zero attached hydrogens (tertiary/aromatic N) is 5. The topological polar surface area (TPSA) is 104 Å². The van der Waals surface area contributed by atoms with Crippen LogP contribution in [-0.4, -0.2) is 51.2 Å². The van der Waals surface area contributed by atoms with Gasteiger partial charge in [-0.15, -0.1) is 0 Å². The average Bonchev–Trinajstić information content (AvgIpc) is 2.84. The minimum atomic E-state index is -0.383. The number of benzene rings is 1. The summed E-state index contributed by atoms with van der Waals surface area (Å²) < 4.78 is 1.17. The molecule has 0 bridgehead atoms. The summed E-state index contributed by atoms with van der Waals surface area (Å²) in [6.07, 6.45) is 4.51. The number of hydrogen-bond acceptors (Lipinski definition) is 6. The number of aryl methyl sites for hydroxylation is 1. The Morgan fingerprint density at radius 3 is 2.79 bits per heavy atom. The molecule has 2 aromatic heterocycles. The fourth-order valence-corrected chi connectivity index (χ4v) is 4.42. The van der Waals surface area contributed by atoms with Gasteiger partial charge in [-0.05, 0) is 37.0 Å². The van der Waals surface area contributed by atoms with Crippen molar-refractivity contribution < 1.29 is 4.79 Å². The molecule has 1 aromatic carbocycles. The van der Waals surface area contributed by atoms with E-state index in [1.807, 2.05) is 48.2 Å². The second-order valence-corrected chi connectivity index (χ2v) is 8.96. The molecule has 1 amide bonds. The molecule has 4 rings (SSSR count). The largest absolute Gasteiger partial charge is 0.347 e. The van der Waals surface area contributed by atoms with E-state index in [4.69, 9.17) is 16.6 Å². The van der Waals surface area contributed by atoms with Crippen molar-refractivity contribution in [2.45, 2.75) is 38.3 Å². The van der Waals surface area contributed by atoms with Crippen molar-refractivity contribution in [1.82, 2.24) is 24.6 Å². The molecule has 1 N–H and O–H groups in total. The molecule has 10 heteroatoms. The highest BCUT2D eigenvalue weighted by Gasteiger charge is 2.31. The molecule has 0 saturated carbocycles. The number of hydrogen-bond donors (Lipinski definition) is 1. The van der Waals surface area contributed by atoms with E-state index in [9.17, 15) is 14.4 Å². The average molecular weight is 483 g/mol. The van der Waals surface area contributed by atoms with Gasteiger partial charge < -0.3 is 9.80 Å². The lowest BCUT2D eigenvalue weighted by Gasteiger charge is -2.36. The van der Waals surface area contributed by atoms with E-state index in [0.29, 0.717) is 17.5 Å². The van der Waals surface area contributed by atoms with Crippen LogP contribution in [0.2, 0.25) is 5.02 Å². The summed E-state index contributed by atoms with van der Waals surface area (Å²) in [5.74, 6) is 0.468. The molecule has 34 heavy (non-hydrogen) atoms. The minimum absolute atomic E-state index is 0.0917. The van der Waals surface area contributed by atoms with Crippen LogP contribution in [0.3, 0.4) is 0 Å². The number of amides is 1. The number of halogens is 1. The summed E-state index contributed by atoms with van der Waals surface area (Å²) in [5, 5.41) is 3.08. The number of carbonyl (C=O) groups excluding carboxylic acids is 1. The van der Waals surface area contributed by atoms with Gasteiger partial charge in [0.05, 0.1) is 18.3 Å². The fraction of sp³-hybridized carbons (Fsp3) is 0.375. The number of piperidine rings is 1. The molecule has 1 aliphatic heterocycles. The maximum absolute atomic E-state index is 13.3. The predicted molar refractivity (Wildman–Crippen MR) is 131 cm³/mol. The molecule has 1 saturated heterocycles. The zero-order valence-electron chi connectivity index (χ0n) is 19.2. The Kier molecular flexibility index (Phi) is 7.12. The molecule has 0 spiro atoms. The van der Waals surface area contributed by atoms with Gasteiger partial charge in [0.25, 0.3) is 11.1 Å². The third kappa shape index (κ3) is 5.20. The van der Waals surface area contributed by atoms with E-state index in [-0.39, 0.29) is 36.0 Å². The quantitative estimate of drug-likeness (QED) is 0.579. The second kappa shape index (κ2) is 10.2. The first-order chi connectivity index (χ1) is 16.3. The maximum atomic E-state index is 13.3. The van der Waals surface area contributed by atoms with E-state index in [2.05, 4.69) is 10.1 Å². The highest BCUT2D eigenvalue weighted by molar-refractivity contribution is 6.30. The summed E-state index contributed by atoms with van der Waals surface area (Å²) in [7, 11) is 3.75. The zero-order chi connectivity index (χ0) is 24.2. The summed E-state index contributed by atoms with van der Waals surface area (Å²) in [6.45, 7) is 0.699. The van der Waals surface area contributed by atoms with Crippen LogP contribution in [0.4, 0.5) is 5.95 Å². The van der Waals surface area contributed by atoms with Crippen molar-refractivity contribution in [3.8, 4) is 11.1 Å². The van der Waals surface area contributed by atoms with Gasteiger partial charge >= 0.3 is 0 Å². The van der Waals surface area contributed by atoms with Crippen LogP contribution >= 0.6 is 11.6 Å². The monoisotopic (exact) mass is 482 g/mol. The molecule has 3 aromatic rings. The van der Waals surface area contributed by atoms with Crippen molar-refractivity contribution in [2.75, 3.05) is 25.5 Å². The Bertz CT molecular complexity index is 1300. The third-order valence-electron chi connectivity index (χ3n) is 5.92. The van der Waals surface area contributed by atoms with Gasteiger partial charge in [0.2, 0.25) is 11.9 Å². The maximum Gasteiger partial charge on any atom is 0.265 e. The SMILES string of the molecule is CN(C)c1ncc(-c2cccc(Cl)c2)c(C2CCCCN2C(=O)CCn2[nH]c(=O)ccc2=O)n1. The smallest absolute Gasteiger partial charge is 0.265 e. The third-order valence-corrected chi connectivity index (χ3v) is 6.15. The van der Waals surface area contributed by atoms with Crippen molar-refractivity contribution in [3.63, 3.8) is 0 Å². The van der Waals surface area contributed by atoms with Crippen LogP contribution in [0, 0.1) is 0 Å². The number of anilines is 1. The van der Waals surface area contributed by atoms with Gasteiger partial charge in [0.1, 0.15) is 0 Å². The van der Waals surface area contributed by atoms with Crippen LogP contribution in [0.1, 0.15) is 37.4 Å². The Morgan fingerprint density at radius 2 is 2.03 bits per heavy atom. The lowest BCUT2D eigenvalue weighted by Crippen LogP contribution is -2.40. The molecule has 1 atom stereocenters. The van der Waals surface area contributed by atoms with Crippen LogP contribution in [0.15, 0.2) is 52.2 Å². The molecule has 1 aliphatic rings. The Hall–Kier alpha value is -3.46. The first kappa shape index (κ1) is 23.7. The lowest BCUT2D eigenvalue weighted by molar-refractivity contribution is -0.135. The van der Waals surface area contributed by atoms with Gasteiger partial charge in [0, 0.05) is 56.0 Å². The molecule has 1 fully saturated rings. The van der Waals surface area contributed by atoms with Gasteiger partial charge in [-0.1, -0.05) is 23.7 Å². The van der Waals surface area contributed by atoms with Crippen molar-refractivity contribution >= 4 is 23.5 Å². The molecular formula is C24H27ClN6O3. The number of likely N-dealkylation sites (tertiary alicyclic amines) is 1. The molecular weight excluding hydrogens is 456 g/mol. The number of rotatable bonds is 6. The van der Waals surface area contributed by atoms with E-state index >= 15 is 0 Å². The van der Waals surface area contributed by atoms with Crippen LogP contribution in [-0.2, 0) is 11.3 Å². The highest BCUT2D eigenvalue weighted by Crippen LogP contribution is 2.37. The number of carbonyl (C=O) groups is 1. The number of H-pyrrole nitrogens is 1. The van der Waals surface area contributed by atoms with E-state index in [1.165, 1.54) is 16.8 Å². The standard InChI is InChI=1S/C24H27ClN6O3/c1-29(2)24-26-15-18(16-6-5-7-17(25)14-16)23(27-24)19-8-3-4-12-30(19)21(33)11-13-31-22(34)10-9-20(32)28-31/h5-7,9-10,14-15,19H,3-4,8,11-13H2,1-2H3,(H,28,32). The molecule has 9 nitrogen and oxygen atoms in total. The predicted octanol–water partition coefficient (Wildman–Crippen LogP) is 2.86. The summed E-state index contributed by atoms with van der Waals surface area (Å²) in [4.78, 5) is 49.9. The molecule has 0 radical (unpaired) electrons. The fourth-order valence-electron chi connectivity index (χ4n) is 4.23. The Labute approximate surface area is 202 Å². The van der Waals surface area contributed by atoms with E-state index < -0.39 is 0 Å². The number of aromatic nitrogens is 4. The first-order valence-corrected chi connectivity index (χ1v) is 11.6. The molecule has 178 valence electrons. The number of nitrogens with one attached hydrogen (secondary N) is 1. The van der Waals surface area contributed by atoms with Gasteiger partial charge in [-0.2, -0.15) is 0 Å². The second-order valence-electron chi connectivity index (χ2n) is 8.52. The molecule has 0 aliphatic carbocycles. The number of aromatic amines is 1. The summed E-state index contributed by atoms with van der Waals surface area (Å²) >= 11 is 6.25. The summed E-state index contributed by atoms with van der Waals surface area (Å²) in [5.41, 5.74) is 1.77. The minimum Gasteiger partial charge on any atom is -0.347 e. The Balaban J connectivity index is 1.67. The van der Waals surface area contributed by atoms with Crippen LogP contribution < -0.4 is 16.0 Å². The lowest BCUT2D eigenvalue weighted by atomic mass is 9.93. The Morgan fingerprint density at radius 1 is 1.21 bits per heavy atom. The van der Waals surface area contributed by atoms with E-state index in [1.54, 1.807) is 6.20 Å². The van der Waals surface area contributed by atoms with Crippen molar-refractivity contribution in [1.29, 1.82) is 0 Å². The van der Waals surface area contributed by atoms with Crippen LogP contribution in [0.25, 0.3) is 11.1 Å². The molecule has 3 heterocycles. The zero-order valence-corrected chi connectivity index (χ0v) is 20.0. The van der Waals surface area contributed by atoms with E-state index in [0.717, 1.165) is 36.1 Å². The van der Waals surface area contributed by atoms with Gasteiger partial charge in [0.15, 0.2) is 0 Å².